The minimum Gasteiger partial charge on any atom is -0.466 e. The van der Waals surface area contributed by atoms with E-state index >= 15 is 0 Å². The molecule has 15 heavy (non-hydrogen) atoms. The van der Waals surface area contributed by atoms with Gasteiger partial charge in [-0.1, -0.05) is 24.3 Å². The van der Waals surface area contributed by atoms with E-state index in [2.05, 4.69) is 0 Å². The van der Waals surface area contributed by atoms with Gasteiger partial charge in [0.05, 0.1) is 19.1 Å². The second-order valence-corrected chi connectivity index (χ2v) is 3.38. The van der Waals surface area contributed by atoms with E-state index in [1.807, 2.05) is 31.2 Å². The number of esters is 1. The number of ether oxygens (including phenoxy) is 1. The van der Waals surface area contributed by atoms with Crippen molar-refractivity contribution in [2.75, 3.05) is 6.61 Å². The highest BCUT2D eigenvalue weighted by Gasteiger charge is 2.14. The van der Waals surface area contributed by atoms with Crippen LogP contribution in [0.15, 0.2) is 24.3 Å². The van der Waals surface area contributed by atoms with Gasteiger partial charge in [0.25, 0.3) is 0 Å². The molecule has 0 heterocycles. The summed E-state index contributed by atoms with van der Waals surface area (Å²) in [4.78, 5) is 11.2. The topological polar surface area (TPSA) is 46.5 Å². The predicted octanol–water partition coefficient (Wildman–Crippen LogP) is 1.98. The molecule has 0 saturated carbocycles. The van der Waals surface area contributed by atoms with E-state index < -0.39 is 6.10 Å². The van der Waals surface area contributed by atoms with E-state index in [0.29, 0.717) is 6.61 Å². The maximum absolute atomic E-state index is 11.2. The Morgan fingerprint density at radius 1 is 1.47 bits per heavy atom. The molecular weight excluding hydrogens is 192 g/mol. The van der Waals surface area contributed by atoms with Gasteiger partial charge in [0.2, 0.25) is 0 Å². The van der Waals surface area contributed by atoms with Crippen molar-refractivity contribution >= 4 is 5.97 Å². The van der Waals surface area contributed by atoms with Crippen LogP contribution in [0.2, 0.25) is 0 Å². The lowest BCUT2D eigenvalue weighted by Gasteiger charge is -2.12. The number of aliphatic hydroxyl groups is 1. The Morgan fingerprint density at radius 2 is 2.13 bits per heavy atom. The minimum atomic E-state index is -0.773. The van der Waals surface area contributed by atoms with Crippen molar-refractivity contribution < 1.29 is 14.6 Å². The van der Waals surface area contributed by atoms with E-state index in [1.54, 1.807) is 6.92 Å². The lowest BCUT2D eigenvalue weighted by atomic mass is 10.0. The summed E-state index contributed by atoms with van der Waals surface area (Å²) in [6.45, 7) is 4.00. The van der Waals surface area contributed by atoms with Crippen molar-refractivity contribution in [1.29, 1.82) is 0 Å². The van der Waals surface area contributed by atoms with Crippen LogP contribution in [0, 0.1) is 6.92 Å². The van der Waals surface area contributed by atoms with Crippen LogP contribution in [0.5, 0.6) is 0 Å². The maximum Gasteiger partial charge on any atom is 0.308 e. The summed E-state index contributed by atoms with van der Waals surface area (Å²) in [6.07, 6.45) is -0.760. The second kappa shape index (κ2) is 5.51. The molecule has 0 aliphatic carbocycles. The number of hydrogen-bond donors (Lipinski definition) is 1. The Bertz CT molecular complexity index is 333. The van der Waals surface area contributed by atoms with Gasteiger partial charge >= 0.3 is 5.97 Å². The number of carbonyl (C=O) groups is 1. The van der Waals surface area contributed by atoms with Gasteiger partial charge in [-0.25, -0.2) is 0 Å². The molecule has 1 rings (SSSR count). The monoisotopic (exact) mass is 208 g/mol. The van der Waals surface area contributed by atoms with Crippen molar-refractivity contribution in [3.8, 4) is 0 Å². The predicted molar refractivity (Wildman–Crippen MR) is 57.4 cm³/mol. The minimum absolute atomic E-state index is 0.0126. The third kappa shape index (κ3) is 3.36. The first-order chi connectivity index (χ1) is 7.15. The summed E-state index contributed by atoms with van der Waals surface area (Å²) in [5, 5.41) is 9.80. The van der Waals surface area contributed by atoms with E-state index in [0.717, 1.165) is 11.1 Å². The van der Waals surface area contributed by atoms with Crippen molar-refractivity contribution in [2.45, 2.75) is 26.4 Å². The third-order valence-electron chi connectivity index (χ3n) is 2.21. The van der Waals surface area contributed by atoms with Crippen molar-refractivity contribution in [2.24, 2.45) is 0 Å². The molecule has 0 spiro atoms. The van der Waals surface area contributed by atoms with E-state index in [-0.39, 0.29) is 12.4 Å². The number of aliphatic hydroxyl groups excluding tert-OH is 1. The van der Waals surface area contributed by atoms with Crippen molar-refractivity contribution in [3.63, 3.8) is 0 Å². The molecule has 82 valence electrons. The summed E-state index contributed by atoms with van der Waals surface area (Å²) >= 11 is 0. The molecule has 1 atom stereocenters. The fourth-order valence-electron chi connectivity index (χ4n) is 1.45. The number of carbonyl (C=O) groups excluding carboxylic acids is 1. The van der Waals surface area contributed by atoms with Crippen LogP contribution in [-0.2, 0) is 9.53 Å². The second-order valence-electron chi connectivity index (χ2n) is 3.38. The zero-order chi connectivity index (χ0) is 11.3. The number of aryl methyl sites for hydroxylation is 1. The van der Waals surface area contributed by atoms with Gasteiger partial charge in [0, 0.05) is 0 Å². The van der Waals surface area contributed by atoms with Gasteiger partial charge in [-0.15, -0.1) is 0 Å². The highest BCUT2D eigenvalue weighted by molar-refractivity contribution is 5.70. The van der Waals surface area contributed by atoms with Crippen LogP contribution in [0.25, 0.3) is 0 Å². The number of benzene rings is 1. The van der Waals surface area contributed by atoms with Crippen LogP contribution in [0.4, 0.5) is 0 Å². The molecular formula is C12H16O3. The van der Waals surface area contributed by atoms with E-state index in [1.165, 1.54) is 0 Å². The zero-order valence-electron chi connectivity index (χ0n) is 9.06. The Balaban J connectivity index is 2.65. The molecule has 0 bridgehead atoms. The molecule has 0 unspecified atom stereocenters. The molecule has 0 radical (unpaired) electrons. The summed E-state index contributed by atoms with van der Waals surface area (Å²) < 4.78 is 4.77. The molecule has 0 fully saturated rings. The van der Waals surface area contributed by atoms with Gasteiger partial charge in [0.1, 0.15) is 0 Å². The Labute approximate surface area is 89.7 Å². The smallest absolute Gasteiger partial charge is 0.308 e. The van der Waals surface area contributed by atoms with Crippen molar-refractivity contribution in [1.82, 2.24) is 0 Å². The molecule has 3 heteroatoms. The molecule has 0 aliphatic rings. The summed E-state index contributed by atoms with van der Waals surface area (Å²) in [5.41, 5.74) is 1.76. The molecule has 0 aromatic heterocycles. The summed E-state index contributed by atoms with van der Waals surface area (Å²) in [5.74, 6) is -0.367. The standard InChI is InChI=1S/C12H16O3/c1-3-15-12(14)8-11(13)10-7-5-4-6-9(10)2/h4-7,11,13H,3,8H2,1-2H3/t11-/m1/s1. The molecule has 1 aromatic carbocycles. The summed E-state index contributed by atoms with van der Waals surface area (Å²) in [7, 11) is 0. The van der Waals surface area contributed by atoms with Gasteiger partial charge in [0.15, 0.2) is 0 Å². The zero-order valence-corrected chi connectivity index (χ0v) is 9.06. The average Bonchev–Trinajstić information content (AvgIpc) is 2.18. The Hall–Kier alpha value is -1.35. The van der Waals surface area contributed by atoms with Crippen LogP contribution in [-0.4, -0.2) is 17.7 Å². The van der Waals surface area contributed by atoms with Crippen LogP contribution in [0.1, 0.15) is 30.6 Å². The quantitative estimate of drug-likeness (QED) is 0.769. The first-order valence-electron chi connectivity index (χ1n) is 5.04. The molecule has 0 aliphatic heterocycles. The molecule has 1 N–H and O–H groups in total. The first-order valence-corrected chi connectivity index (χ1v) is 5.04. The van der Waals surface area contributed by atoms with Gasteiger partial charge in [-0.05, 0) is 25.0 Å². The normalized spacial score (nSPS) is 12.2. The molecule has 3 nitrogen and oxygen atoms in total. The highest BCUT2D eigenvalue weighted by Crippen LogP contribution is 2.20. The van der Waals surface area contributed by atoms with E-state index in [9.17, 15) is 9.90 Å². The molecule has 0 amide bonds. The Kier molecular flexibility index (Phi) is 4.31. The first kappa shape index (κ1) is 11.7. The SMILES string of the molecule is CCOC(=O)C[C@@H](O)c1ccccc1C. The number of rotatable bonds is 4. The largest absolute Gasteiger partial charge is 0.466 e. The van der Waals surface area contributed by atoms with Crippen LogP contribution < -0.4 is 0 Å². The fourth-order valence-corrected chi connectivity index (χ4v) is 1.45. The highest BCUT2D eigenvalue weighted by atomic mass is 16.5. The average molecular weight is 208 g/mol. The lowest BCUT2D eigenvalue weighted by Crippen LogP contribution is -2.10. The van der Waals surface area contributed by atoms with Crippen LogP contribution >= 0.6 is 0 Å². The van der Waals surface area contributed by atoms with Gasteiger partial charge in [-0.3, -0.25) is 4.79 Å². The fraction of sp³-hybridized carbons (Fsp3) is 0.417. The third-order valence-corrected chi connectivity index (χ3v) is 2.21. The van der Waals surface area contributed by atoms with Gasteiger partial charge < -0.3 is 9.84 Å². The molecule has 0 saturated heterocycles. The molecule has 1 aromatic rings. The summed E-state index contributed by atoms with van der Waals surface area (Å²) in [6, 6.07) is 7.47. The van der Waals surface area contributed by atoms with Crippen molar-refractivity contribution in [3.05, 3.63) is 35.4 Å². The van der Waals surface area contributed by atoms with Gasteiger partial charge in [-0.2, -0.15) is 0 Å². The number of hydrogen-bond acceptors (Lipinski definition) is 3. The lowest BCUT2D eigenvalue weighted by molar-refractivity contribution is -0.145. The van der Waals surface area contributed by atoms with E-state index in [4.69, 9.17) is 4.74 Å². The Morgan fingerprint density at radius 3 is 2.73 bits per heavy atom. The maximum atomic E-state index is 11.2. The van der Waals surface area contributed by atoms with Crippen LogP contribution in [0.3, 0.4) is 0 Å².